The molecule has 5 heteroatoms. The Morgan fingerprint density at radius 3 is 2.65 bits per heavy atom. The van der Waals surface area contributed by atoms with E-state index in [9.17, 15) is 4.79 Å². The van der Waals surface area contributed by atoms with Crippen molar-refractivity contribution in [3.05, 3.63) is 33.3 Å². The smallest absolute Gasteiger partial charge is 0.328 e. The van der Waals surface area contributed by atoms with Gasteiger partial charge in [-0.15, -0.1) is 0 Å². The lowest BCUT2D eigenvalue weighted by Gasteiger charge is -2.12. The van der Waals surface area contributed by atoms with Gasteiger partial charge >= 0.3 is 5.97 Å². The van der Waals surface area contributed by atoms with Crippen LogP contribution in [-0.4, -0.2) is 18.2 Å². The monoisotopic (exact) mass is 274 g/mol. The van der Waals surface area contributed by atoms with E-state index >= 15 is 0 Å². The van der Waals surface area contributed by atoms with E-state index in [0.29, 0.717) is 27.8 Å². The van der Waals surface area contributed by atoms with Crippen LogP contribution in [0.3, 0.4) is 0 Å². The fraction of sp³-hybridized carbons (Fsp3) is 0.250. The highest BCUT2D eigenvalue weighted by molar-refractivity contribution is 6.38. The van der Waals surface area contributed by atoms with Crippen LogP contribution < -0.4 is 4.74 Å². The molecule has 0 heterocycles. The Morgan fingerprint density at radius 1 is 1.53 bits per heavy atom. The van der Waals surface area contributed by atoms with Crippen molar-refractivity contribution < 1.29 is 14.6 Å². The van der Waals surface area contributed by atoms with Gasteiger partial charge < -0.3 is 9.84 Å². The minimum atomic E-state index is -1.02. The van der Waals surface area contributed by atoms with Crippen LogP contribution in [0, 0.1) is 0 Å². The first-order valence-corrected chi connectivity index (χ1v) is 5.72. The highest BCUT2D eigenvalue weighted by Gasteiger charge is 2.14. The number of methoxy groups -OCH3 is 1. The van der Waals surface area contributed by atoms with Crippen molar-refractivity contribution in [2.75, 3.05) is 7.11 Å². The fourth-order valence-corrected chi connectivity index (χ4v) is 2.27. The van der Waals surface area contributed by atoms with Crippen molar-refractivity contribution >= 4 is 35.2 Å². The SMILES string of the molecule is CCc1c(C=CC(=O)O)cc(Cl)c(OC)c1Cl. The molecule has 0 atom stereocenters. The van der Waals surface area contributed by atoms with Gasteiger partial charge in [-0.25, -0.2) is 4.79 Å². The molecular weight excluding hydrogens is 263 g/mol. The highest BCUT2D eigenvalue weighted by atomic mass is 35.5. The summed E-state index contributed by atoms with van der Waals surface area (Å²) in [6.07, 6.45) is 3.18. The molecule has 0 aliphatic carbocycles. The lowest BCUT2D eigenvalue weighted by atomic mass is 10.0. The topological polar surface area (TPSA) is 46.5 Å². The normalized spacial score (nSPS) is 10.8. The number of carbonyl (C=O) groups is 1. The number of carboxylic acid groups (broad SMARTS) is 1. The molecule has 0 fully saturated rings. The van der Waals surface area contributed by atoms with Crippen LogP contribution >= 0.6 is 23.2 Å². The molecule has 0 unspecified atom stereocenters. The summed E-state index contributed by atoms with van der Waals surface area (Å²) in [6.45, 7) is 1.92. The third-order valence-corrected chi connectivity index (χ3v) is 2.96. The minimum Gasteiger partial charge on any atom is -0.494 e. The minimum absolute atomic E-state index is 0.361. The van der Waals surface area contributed by atoms with Crippen LogP contribution in [0.25, 0.3) is 6.08 Å². The van der Waals surface area contributed by atoms with Crippen molar-refractivity contribution in [2.45, 2.75) is 13.3 Å². The number of aliphatic carboxylic acids is 1. The number of ether oxygens (including phenoxy) is 1. The second kappa shape index (κ2) is 5.94. The molecule has 0 aliphatic heterocycles. The molecule has 1 aromatic carbocycles. The van der Waals surface area contributed by atoms with Gasteiger partial charge in [-0.2, -0.15) is 0 Å². The lowest BCUT2D eigenvalue weighted by molar-refractivity contribution is -0.131. The maximum absolute atomic E-state index is 10.5. The number of halogens is 2. The van der Waals surface area contributed by atoms with Gasteiger partial charge in [0, 0.05) is 6.08 Å². The Morgan fingerprint density at radius 2 is 2.18 bits per heavy atom. The summed E-state index contributed by atoms with van der Waals surface area (Å²) in [6, 6.07) is 1.64. The van der Waals surface area contributed by atoms with Crippen molar-refractivity contribution in [3.63, 3.8) is 0 Å². The number of carboxylic acids is 1. The van der Waals surface area contributed by atoms with Crippen LogP contribution in [0.5, 0.6) is 5.75 Å². The Balaban J connectivity index is 3.36. The number of hydrogen-bond acceptors (Lipinski definition) is 2. The zero-order valence-electron chi connectivity index (χ0n) is 9.46. The van der Waals surface area contributed by atoms with E-state index in [4.69, 9.17) is 33.0 Å². The van der Waals surface area contributed by atoms with Gasteiger partial charge in [-0.3, -0.25) is 0 Å². The molecule has 0 radical (unpaired) electrons. The molecule has 1 aromatic rings. The van der Waals surface area contributed by atoms with E-state index in [0.717, 1.165) is 11.6 Å². The molecule has 17 heavy (non-hydrogen) atoms. The summed E-state index contributed by atoms with van der Waals surface area (Å²) in [5.41, 5.74) is 1.50. The molecule has 0 aromatic heterocycles. The molecule has 1 N–H and O–H groups in total. The Hall–Kier alpha value is -1.19. The molecule has 3 nitrogen and oxygen atoms in total. The summed E-state index contributed by atoms with van der Waals surface area (Å²) in [7, 11) is 1.49. The standard InChI is InChI=1S/C12H12Cl2O3/c1-3-8-7(4-5-10(15)16)6-9(13)12(17-2)11(8)14/h4-6H,3H2,1-2H3,(H,15,16). The van der Waals surface area contributed by atoms with Crippen LogP contribution in [0.2, 0.25) is 10.0 Å². The van der Waals surface area contributed by atoms with E-state index in [1.807, 2.05) is 6.92 Å². The largest absolute Gasteiger partial charge is 0.494 e. The quantitative estimate of drug-likeness (QED) is 0.853. The van der Waals surface area contributed by atoms with Gasteiger partial charge in [-0.05, 0) is 29.7 Å². The second-order valence-corrected chi connectivity index (χ2v) is 4.08. The summed E-state index contributed by atoms with van der Waals surface area (Å²) in [5, 5.41) is 9.38. The van der Waals surface area contributed by atoms with E-state index in [2.05, 4.69) is 0 Å². The second-order valence-electron chi connectivity index (χ2n) is 3.30. The van der Waals surface area contributed by atoms with Gasteiger partial charge in [0.1, 0.15) is 0 Å². The van der Waals surface area contributed by atoms with Crippen LogP contribution in [0.1, 0.15) is 18.1 Å². The number of benzene rings is 1. The van der Waals surface area contributed by atoms with Gasteiger partial charge in [0.25, 0.3) is 0 Å². The maximum Gasteiger partial charge on any atom is 0.328 e. The fourth-order valence-electron chi connectivity index (χ4n) is 1.51. The zero-order chi connectivity index (χ0) is 13.0. The molecule has 0 spiro atoms. The third kappa shape index (κ3) is 3.14. The molecule has 1 rings (SSSR count). The van der Waals surface area contributed by atoms with Gasteiger partial charge in [-0.1, -0.05) is 30.1 Å². The average molecular weight is 275 g/mol. The highest BCUT2D eigenvalue weighted by Crippen LogP contribution is 2.38. The summed E-state index contributed by atoms with van der Waals surface area (Å²) >= 11 is 12.1. The van der Waals surface area contributed by atoms with E-state index in [1.54, 1.807) is 6.07 Å². The summed E-state index contributed by atoms with van der Waals surface area (Å²) in [5.74, 6) is -0.604. The van der Waals surface area contributed by atoms with Crippen LogP contribution in [-0.2, 0) is 11.2 Å². The first kappa shape index (κ1) is 13.9. The first-order valence-electron chi connectivity index (χ1n) is 4.97. The van der Waals surface area contributed by atoms with Crippen molar-refractivity contribution in [3.8, 4) is 5.75 Å². The van der Waals surface area contributed by atoms with Gasteiger partial charge in [0.2, 0.25) is 0 Å². The number of hydrogen-bond donors (Lipinski definition) is 1. The molecule has 0 aliphatic rings. The molecule has 92 valence electrons. The summed E-state index contributed by atoms with van der Waals surface area (Å²) in [4.78, 5) is 10.5. The molecule has 0 bridgehead atoms. The predicted molar refractivity (Wildman–Crippen MR) is 69.1 cm³/mol. The lowest BCUT2D eigenvalue weighted by Crippen LogP contribution is -1.95. The van der Waals surface area contributed by atoms with Gasteiger partial charge in [0.05, 0.1) is 17.2 Å². The van der Waals surface area contributed by atoms with Crippen molar-refractivity contribution in [1.82, 2.24) is 0 Å². The van der Waals surface area contributed by atoms with Crippen LogP contribution in [0.4, 0.5) is 0 Å². The van der Waals surface area contributed by atoms with E-state index in [1.165, 1.54) is 13.2 Å². The van der Waals surface area contributed by atoms with Crippen molar-refractivity contribution in [1.29, 1.82) is 0 Å². The summed E-state index contributed by atoms with van der Waals surface area (Å²) < 4.78 is 5.09. The van der Waals surface area contributed by atoms with Gasteiger partial charge in [0.15, 0.2) is 5.75 Å². The zero-order valence-corrected chi connectivity index (χ0v) is 11.0. The molecule has 0 saturated carbocycles. The number of rotatable bonds is 4. The Kier molecular flexibility index (Phi) is 4.85. The average Bonchev–Trinajstić information content (AvgIpc) is 2.26. The van der Waals surface area contributed by atoms with E-state index < -0.39 is 5.97 Å². The third-order valence-electron chi connectivity index (χ3n) is 2.28. The van der Waals surface area contributed by atoms with Crippen molar-refractivity contribution in [2.24, 2.45) is 0 Å². The first-order chi connectivity index (χ1) is 8.01. The van der Waals surface area contributed by atoms with E-state index in [-0.39, 0.29) is 0 Å². The molecular formula is C12H12Cl2O3. The Bertz CT molecular complexity index is 467. The Labute approximate surface area is 110 Å². The molecule has 0 saturated heterocycles. The molecule has 0 amide bonds. The predicted octanol–water partition coefficient (Wildman–Crippen LogP) is 3.66. The maximum atomic E-state index is 10.5. The van der Waals surface area contributed by atoms with Crippen LogP contribution in [0.15, 0.2) is 12.1 Å².